The molecule has 0 rings (SSSR count). The molecule has 3 N–H and O–H groups in total. The van der Waals surface area contributed by atoms with E-state index in [-0.39, 0.29) is 19.4 Å². The molecule has 0 saturated heterocycles. The van der Waals surface area contributed by atoms with Crippen LogP contribution in [0.5, 0.6) is 0 Å². The van der Waals surface area contributed by atoms with E-state index in [0.717, 1.165) is 25.7 Å². The number of carbonyl (C=O) groups is 2. The van der Waals surface area contributed by atoms with Gasteiger partial charge in [0.15, 0.2) is 6.10 Å². The van der Waals surface area contributed by atoms with Crippen LogP contribution in [0.15, 0.2) is 24.3 Å². The topological polar surface area (TPSA) is 149 Å². The van der Waals surface area contributed by atoms with E-state index in [0.29, 0.717) is 12.8 Å². The smallest absolute Gasteiger partial charge is 0.462 e. The number of allylic oxidation sites excluding steroid dienone is 4. The summed E-state index contributed by atoms with van der Waals surface area (Å²) < 4.78 is 32.9. The summed E-state index contributed by atoms with van der Waals surface area (Å²) in [6, 6.07) is 0. The van der Waals surface area contributed by atoms with Crippen molar-refractivity contribution < 1.29 is 47.8 Å². The van der Waals surface area contributed by atoms with Crippen LogP contribution in [0.1, 0.15) is 296 Å². The maximum absolute atomic E-state index is 12.7. The predicted molar refractivity (Wildman–Crippen MR) is 288 cm³/mol. The van der Waals surface area contributed by atoms with E-state index < -0.39 is 51.8 Å². The van der Waals surface area contributed by atoms with E-state index in [1.165, 1.54) is 231 Å². The lowest BCUT2D eigenvalue weighted by atomic mass is 10.0. The highest BCUT2D eigenvalue weighted by molar-refractivity contribution is 7.47. The molecular formula is C58H111O10P. The number of aliphatic hydroxyl groups is 2. The van der Waals surface area contributed by atoms with Crippen LogP contribution < -0.4 is 0 Å². The van der Waals surface area contributed by atoms with Gasteiger partial charge < -0.3 is 24.6 Å². The molecule has 0 aromatic rings. The van der Waals surface area contributed by atoms with E-state index in [2.05, 4.69) is 38.2 Å². The molecule has 0 amide bonds. The molecule has 0 spiro atoms. The van der Waals surface area contributed by atoms with Gasteiger partial charge in [0.25, 0.3) is 0 Å². The molecule has 0 fully saturated rings. The van der Waals surface area contributed by atoms with Gasteiger partial charge in [-0.05, 0) is 51.4 Å². The first-order valence-corrected chi connectivity index (χ1v) is 30.8. The number of aliphatic hydroxyl groups excluding tert-OH is 2. The number of phosphoric ester groups is 1. The van der Waals surface area contributed by atoms with E-state index in [1.54, 1.807) is 0 Å². The van der Waals surface area contributed by atoms with Crippen LogP contribution in [0, 0.1) is 0 Å². The van der Waals surface area contributed by atoms with Crippen molar-refractivity contribution in [2.45, 2.75) is 309 Å². The van der Waals surface area contributed by atoms with Gasteiger partial charge in [-0.15, -0.1) is 0 Å². The van der Waals surface area contributed by atoms with Gasteiger partial charge in [0.1, 0.15) is 12.7 Å². The molecule has 0 aromatic carbocycles. The van der Waals surface area contributed by atoms with Crippen LogP contribution in [-0.4, -0.2) is 65.7 Å². The second-order valence-electron chi connectivity index (χ2n) is 20.0. The summed E-state index contributed by atoms with van der Waals surface area (Å²) in [5, 5.41) is 18.4. The lowest BCUT2D eigenvalue weighted by Crippen LogP contribution is -2.29. The van der Waals surface area contributed by atoms with Gasteiger partial charge in [0, 0.05) is 12.8 Å². The van der Waals surface area contributed by atoms with Gasteiger partial charge in [-0.3, -0.25) is 18.6 Å². The van der Waals surface area contributed by atoms with E-state index in [1.807, 2.05) is 0 Å². The van der Waals surface area contributed by atoms with Crippen LogP contribution in [0.4, 0.5) is 0 Å². The Morgan fingerprint density at radius 1 is 0.420 bits per heavy atom. The molecule has 69 heavy (non-hydrogen) atoms. The molecule has 0 saturated carbocycles. The quantitative estimate of drug-likeness (QED) is 0.0233. The fourth-order valence-corrected chi connectivity index (χ4v) is 9.38. The van der Waals surface area contributed by atoms with Crippen molar-refractivity contribution in [3.63, 3.8) is 0 Å². The summed E-state index contributed by atoms with van der Waals surface area (Å²) >= 11 is 0. The van der Waals surface area contributed by atoms with Gasteiger partial charge in [0.2, 0.25) is 0 Å². The summed E-state index contributed by atoms with van der Waals surface area (Å²) in [7, 11) is -4.64. The summed E-state index contributed by atoms with van der Waals surface area (Å²) in [5.41, 5.74) is 0. The minimum atomic E-state index is -4.64. The van der Waals surface area contributed by atoms with E-state index in [9.17, 15) is 24.2 Å². The van der Waals surface area contributed by atoms with Gasteiger partial charge >= 0.3 is 19.8 Å². The molecule has 0 bridgehead atoms. The molecule has 11 heteroatoms. The van der Waals surface area contributed by atoms with Crippen LogP contribution in [0.3, 0.4) is 0 Å². The SMILES string of the molecule is CCCCCCCCCCCCCCCCCCCC/C=C/CCCC(=O)OC[C@H](COP(=O)(O)OC[C@@H](O)CO)OC(=O)CCC/C=C/CCCCCCCCCCCCCCCCCCCC. The zero-order valence-corrected chi connectivity index (χ0v) is 45.9. The molecule has 0 heterocycles. The van der Waals surface area contributed by atoms with Crippen molar-refractivity contribution in [1.29, 1.82) is 0 Å². The Bertz CT molecular complexity index is 1200. The summed E-state index contributed by atoms with van der Waals surface area (Å²) in [6.07, 6.45) is 60.4. The molecule has 1 unspecified atom stereocenters. The fourth-order valence-electron chi connectivity index (χ4n) is 8.59. The lowest BCUT2D eigenvalue weighted by molar-refractivity contribution is -0.161. The molecule has 408 valence electrons. The molecule has 0 aromatic heterocycles. The molecular weight excluding hydrogens is 888 g/mol. The van der Waals surface area contributed by atoms with Crippen molar-refractivity contribution in [3.8, 4) is 0 Å². The third-order valence-electron chi connectivity index (χ3n) is 13.1. The second-order valence-corrected chi connectivity index (χ2v) is 21.5. The van der Waals surface area contributed by atoms with Crippen molar-refractivity contribution in [3.05, 3.63) is 24.3 Å². The van der Waals surface area contributed by atoms with Crippen LogP contribution in [0.2, 0.25) is 0 Å². The first-order chi connectivity index (χ1) is 33.7. The highest BCUT2D eigenvalue weighted by atomic mass is 31.2. The minimum absolute atomic E-state index is 0.135. The Morgan fingerprint density at radius 2 is 0.710 bits per heavy atom. The Labute approximate surface area is 425 Å². The third-order valence-corrected chi connectivity index (χ3v) is 14.0. The Kier molecular flexibility index (Phi) is 53.0. The number of unbranched alkanes of at least 4 members (excludes halogenated alkanes) is 38. The monoisotopic (exact) mass is 999 g/mol. The maximum Gasteiger partial charge on any atom is 0.472 e. The van der Waals surface area contributed by atoms with Crippen LogP contribution >= 0.6 is 7.82 Å². The van der Waals surface area contributed by atoms with Gasteiger partial charge in [-0.2, -0.15) is 0 Å². The minimum Gasteiger partial charge on any atom is -0.462 e. The zero-order chi connectivity index (χ0) is 50.4. The summed E-state index contributed by atoms with van der Waals surface area (Å²) in [6.45, 7) is 2.40. The molecule has 0 radical (unpaired) electrons. The van der Waals surface area contributed by atoms with E-state index >= 15 is 0 Å². The molecule has 3 atom stereocenters. The van der Waals surface area contributed by atoms with Gasteiger partial charge in [-0.25, -0.2) is 4.57 Å². The largest absolute Gasteiger partial charge is 0.472 e. The average Bonchev–Trinajstić information content (AvgIpc) is 3.34. The Balaban J connectivity index is 4.12. The zero-order valence-electron chi connectivity index (χ0n) is 45.1. The molecule has 0 aliphatic heterocycles. The Morgan fingerprint density at radius 3 is 1.04 bits per heavy atom. The highest BCUT2D eigenvalue weighted by Gasteiger charge is 2.27. The third kappa shape index (κ3) is 54.1. The van der Waals surface area contributed by atoms with Crippen molar-refractivity contribution >= 4 is 19.8 Å². The first-order valence-electron chi connectivity index (χ1n) is 29.3. The van der Waals surface area contributed by atoms with Crippen molar-refractivity contribution in [2.24, 2.45) is 0 Å². The van der Waals surface area contributed by atoms with Gasteiger partial charge in [-0.1, -0.05) is 256 Å². The van der Waals surface area contributed by atoms with E-state index in [4.69, 9.17) is 23.6 Å². The van der Waals surface area contributed by atoms with Crippen molar-refractivity contribution in [2.75, 3.05) is 26.4 Å². The lowest BCUT2D eigenvalue weighted by Gasteiger charge is -2.20. The maximum atomic E-state index is 12.7. The Hall–Kier alpha value is -1.55. The first kappa shape index (κ1) is 67.5. The van der Waals surface area contributed by atoms with Crippen LogP contribution in [0.25, 0.3) is 0 Å². The standard InChI is InChI=1S/C58H111O10P/c1-3-5-7-9-11-13-15-17-19-21-23-25-27-29-31-33-35-37-39-41-43-45-47-49-57(61)65-53-56(54-67-69(63,64)66-52-55(60)51-59)68-58(62)50-48-46-44-42-40-38-36-34-32-30-28-26-24-22-20-18-16-14-12-10-8-6-4-2/h41-44,55-56,59-60H,3-40,45-54H2,1-2H3,(H,63,64)/b43-41+,44-42+/t55-,56+/m0/s1. The van der Waals surface area contributed by atoms with Crippen LogP contribution in [-0.2, 0) is 32.7 Å². The average molecular weight is 999 g/mol. The predicted octanol–water partition coefficient (Wildman–Crippen LogP) is 17.2. The molecule has 10 nitrogen and oxygen atoms in total. The molecule has 0 aliphatic carbocycles. The number of esters is 2. The number of hydrogen-bond donors (Lipinski definition) is 3. The highest BCUT2D eigenvalue weighted by Crippen LogP contribution is 2.43. The number of hydrogen-bond acceptors (Lipinski definition) is 9. The second kappa shape index (κ2) is 54.2. The number of rotatable bonds is 56. The normalized spacial score (nSPS) is 13.6. The summed E-state index contributed by atoms with van der Waals surface area (Å²) in [5.74, 6) is -0.983. The fraction of sp³-hybridized carbons (Fsp3) is 0.897. The van der Waals surface area contributed by atoms with Gasteiger partial charge in [0.05, 0.1) is 19.8 Å². The number of ether oxygens (including phenoxy) is 2. The van der Waals surface area contributed by atoms with Crippen molar-refractivity contribution in [1.82, 2.24) is 0 Å². The summed E-state index contributed by atoms with van der Waals surface area (Å²) in [4.78, 5) is 35.3. The number of phosphoric acid groups is 1. The number of carbonyl (C=O) groups excluding carboxylic acids is 2. The molecule has 0 aliphatic rings.